The zero-order valence-electron chi connectivity index (χ0n) is 11.6. The van der Waals surface area contributed by atoms with Crippen molar-refractivity contribution in [2.45, 2.75) is 25.4 Å². The molecule has 0 aromatic heterocycles. The monoisotopic (exact) mass is 282 g/mol. The minimum absolute atomic E-state index is 0.611. The lowest BCUT2D eigenvalue weighted by molar-refractivity contribution is 0.138. The van der Waals surface area contributed by atoms with Gasteiger partial charge >= 0.3 is 0 Å². The van der Waals surface area contributed by atoms with Crippen molar-refractivity contribution < 1.29 is 4.74 Å². The molecule has 0 bridgehead atoms. The molecule has 3 nitrogen and oxygen atoms in total. The van der Waals surface area contributed by atoms with Crippen LogP contribution in [0.4, 0.5) is 0 Å². The van der Waals surface area contributed by atoms with E-state index in [2.05, 4.69) is 16.3 Å². The first kappa shape index (κ1) is 14.8. The summed E-state index contributed by atoms with van der Waals surface area (Å²) in [6, 6.07) is 8.69. The van der Waals surface area contributed by atoms with Gasteiger partial charge in [0.2, 0.25) is 0 Å². The van der Waals surface area contributed by atoms with Crippen LogP contribution in [-0.2, 0) is 11.3 Å². The summed E-state index contributed by atoms with van der Waals surface area (Å²) in [6.07, 6.45) is 2.56. The first-order chi connectivity index (χ1) is 9.29. The molecule has 1 atom stereocenters. The predicted molar refractivity (Wildman–Crippen MR) is 79.6 cm³/mol. The Labute approximate surface area is 120 Å². The van der Waals surface area contributed by atoms with Gasteiger partial charge in [-0.15, -0.1) is 0 Å². The Bertz CT molecular complexity index is 380. The van der Waals surface area contributed by atoms with Crippen LogP contribution in [-0.4, -0.2) is 44.3 Å². The molecule has 1 aliphatic heterocycles. The van der Waals surface area contributed by atoms with E-state index in [0.29, 0.717) is 6.04 Å². The van der Waals surface area contributed by atoms with Crippen LogP contribution in [0.3, 0.4) is 0 Å². The highest BCUT2D eigenvalue weighted by molar-refractivity contribution is 6.31. The van der Waals surface area contributed by atoms with Crippen molar-refractivity contribution in [1.29, 1.82) is 0 Å². The number of hydrogen-bond donors (Lipinski definition) is 1. The summed E-state index contributed by atoms with van der Waals surface area (Å²) in [4.78, 5) is 2.42. The van der Waals surface area contributed by atoms with Gasteiger partial charge in [-0.25, -0.2) is 0 Å². The second-order valence-corrected chi connectivity index (χ2v) is 5.52. The molecule has 1 aliphatic rings. The number of benzene rings is 1. The molecular formula is C15H23ClN2O. The SMILES string of the molecule is COCCN(Cc1ccccc1Cl)CC1CCCN1. The maximum atomic E-state index is 6.25. The van der Waals surface area contributed by atoms with Crippen molar-refractivity contribution in [3.05, 3.63) is 34.9 Å². The van der Waals surface area contributed by atoms with E-state index in [1.807, 2.05) is 18.2 Å². The second kappa shape index (κ2) is 7.85. The Morgan fingerprint density at radius 2 is 2.26 bits per heavy atom. The molecule has 1 N–H and O–H groups in total. The molecule has 19 heavy (non-hydrogen) atoms. The van der Waals surface area contributed by atoms with E-state index in [-0.39, 0.29) is 0 Å². The van der Waals surface area contributed by atoms with Crippen LogP contribution in [0, 0.1) is 0 Å². The Kier molecular flexibility index (Phi) is 6.11. The quantitative estimate of drug-likeness (QED) is 0.832. The van der Waals surface area contributed by atoms with Gasteiger partial charge in [0, 0.05) is 37.8 Å². The van der Waals surface area contributed by atoms with Crippen LogP contribution in [0.2, 0.25) is 5.02 Å². The third-order valence-electron chi connectivity index (χ3n) is 3.60. The summed E-state index contributed by atoms with van der Waals surface area (Å²) in [7, 11) is 1.75. The Balaban J connectivity index is 1.94. The van der Waals surface area contributed by atoms with Crippen molar-refractivity contribution >= 4 is 11.6 Å². The average Bonchev–Trinajstić information content (AvgIpc) is 2.91. The lowest BCUT2D eigenvalue weighted by atomic mass is 10.1. The van der Waals surface area contributed by atoms with Crippen LogP contribution >= 0.6 is 11.6 Å². The lowest BCUT2D eigenvalue weighted by Crippen LogP contribution is -2.38. The molecule has 1 saturated heterocycles. The molecule has 0 radical (unpaired) electrons. The van der Waals surface area contributed by atoms with Crippen molar-refractivity contribution in [2.75, 3.05) is 33.4 Å². The number of ether oxygens (including phenoxy) is 1. The fourth-order valence-electron chi connectivity index (χ4n) is 2.55. The van der Waals surface area contributed by atoms with Crippen LogP contribution in [0.25, 0.3) is 0 Å². The molecule has 1 heterocycles. The standard InChI is InChI=1S/C15H23ClN2O/c1-19-10-9-18(12-14-6-4-8-17-14)11-13-5-2-3-7-15(13)16/h2-3,5,7,14,17H,4,6,8-12H2,1H3. The molecule has 4 heteroatoms. The number of halogens is 1. The predicted octanol–water partition coefficient (Wildman–Crippen LogP) is 2.54. The average molecular weight is 283 g/mol. The maximum Gasteiger partial charge on any atom is 0.0589 e. The van der Waals surface area contributed by atoms with Crippen LogP contribution in [0.15, 0.2) is 24.3 Å². The molecule has 1 aromatic rings. The molecule has 1 unspecified atom stereocenters. The fourth-order valence-corrected chi connectivity index (χ4v) is 2.74. The van der Waals surface area contributed by atoms with Gasteiger partial charge in [-0.05, 0) is 31.0 Å². The van der Waals surface area contributed by atoms with E-state index in [4.69, 9.17) is 16.3 Å². The van der Waals surface area contributed by atoms with Crippen LogP contribution in [0.1, 0.15) is 18.4 Å². The smallest absolute Gasteiger partial charge is 0.0589 e. The number of hydrogen-bond acceptors (Lipinski definition) is 3. The van der Waals surface area contributed by atoms with E-state index in [0.717, 1.165) is 37.8 Å². The minimum atomic E-state index is 0.611. The highest BCUT2D eigenvalue weighted by atomic mass is 35.5. The third kappa shape index (κ3) is 4.77. The van der Waals surface area contributed by atoms with E-state index in [1.54, 1.807) is 7.11 Å². The van der Waals surface area contributed by atoms with Crippen molar-refractivity contribution in [3.8, 4) is 0 Å². The van der Waals surface area contributed by atoms with Gasteiger partial charge in [-0.2, -0.15) is 0 Å². The molecule has 0 aliphatic carbocycles. The van der Waals surface area contributed by atoms with Crippen molar-refractivity contribution in [1.82, 2.24) is 10.2 Å². The van der Waals surface area contributed by atoms with Crippen LogP contribution < -0.4 is 5.32 Å². The number of nitrogens with zero attached hydrogens (tertiary/aromatic N) is 1. The molecule has 106 valence electrons. The minimum Gasteiger partial charge on any atom is -0.383 e. The molecule has 0 spiro atoms. The van der Waals surface area contributed by atoms with E-state index in [9.17, 15) is 0 Å². The summed E-state index contributed by atoms with van der Waals surface area (Å²) in [5.41, 5.74) is 1.19. The summed E-state index contributed by atoms with van der Waals surface area (Å²) in [5.74, 6) is 0. The molecule has 0 amide bonds. The lowest BCUT2D eigenvalue weighted by Gasteiger charge is -2.25. The number of nitrogens with one attached hydrogen (secondary N) is 1. The van der Waals surface area contributed by atoms with Gasteiger partial charge in [-0.1, -0.05) is 29.8 Å². The molecule has 1 fully saturated rings. The van der Waals surface area contributed by atoms with Gasteiger partial charge in [-0.3, -0.25) is 4.90 Å². The molecule has 2 rings (SSSR count). The Morgan fingerprint density at radius 3 is 2.95 bits per heavy atom. The summed E-state index contributed by atoms with van der Waals surface area (Å²) in [6.45, 7) is 4.81. The first-order valence-corrected chi connectivity index (χ1v) is 7.35. The summed E-state index contributed by atoms with van der Waals surface area (Å²) < 4.78 is 5.21. The zero-order valence-corrected chi connectivity index (χ0v) is 12.3. The van der Waals surface area contributed by atoms with Gasteiger partial charge in [0.05, 0.1) is 6.61 Å². The molecular weight excluding hydrogens is 260 g/mol. The zero-order chi connectivity index (χ0) is 13.5. The Morgan fingerprint density at radius 1 is 1.42 bits per heavy atom. The Hall–Kier alpha value is -0.610. The molecule has 1 aromatic carbocycles. The van der Waals surface area contributed by atoms with E-state index >= 15 is 0 Å². The highest BCUT2D eigenvalue weighted by Gasteiger charge is 2.18. The number of methoxy groups -OCH3 is 1. The summed E-state index contributed by atoms with van der Waals surface area (Å²) in [5, 5.41) is 4.40. The van der Waals surface area contributed by atoms with Crippen LogP contribution in [0.5, 0.6) is 0 Å². The third-order valence-corrected chi connectivity index (χ3v) is 3.97. The second-order valence-electron chi connectivity index (χ2n) is 5.11. The summed E-state index contributed by atoms with van der Waals surface area (Å²) >= 11 is 6.25. The van der Waals surface area contributed by atoms with Crippen molar-refractivity contribution in [3.63, 3.8) is 0 Å². The van der Waals surface area contributed by atoms with E-state index in [1.165, 1.54) is 18.4 Å². The largest absolute Gasteiger partial charge is 0.383 e. The van der Waals surface area contributed by atoms with Crippen molar-refractivity contribution in [2.24, 2.45) is 0 Å². The number of rotatable bonds is 7. The van der Waals surface area contributed by atoms with Gasteiger partial charge < -0.3 is 10.1 Å². The molecule has 0 saturated carbocycles. The maximum absolute atomic E-state index is 6.25. The van der Waals surface area contributed by atoms with Gasteiger partial charge in [0.15, 0.2) is 0 Å². The first-order valence-electron chi connectivity index (χ1n) is 6.97. The normalized spacial score (nSPS) is 19.2. The van der Waals surface area contributed by atoms with Gasteiger partial charge in [0.25, 0.3) is 0 Å². The van der Waals surface area contributed by atoms with E-state index < -0.39 is 0 Å². The topological polar surface area (TPSA) is 24.5 Å². The van der Waals surface area contributed by atoms with Gasteiger partial charge in [0.1, 0.15) is 0 Å². The fraction of sp³-hybridized carbons (Fsp3) is 0.600. The highest BCUT2D eigenvalue weighted by Crippen LogP contribution is 2.18.